The second-order valence-corrected chi connectivity index (χ2v) is 10.8. The average molecular weight is 606 g/mol. The second kappa shape index (κ2) is 14.3. The van der Waals surface area contributed by atoms with Crippen molar-refractivity contribution in [2.45, 2.75) is 0 Å². The van der Waals surface area contributed by atoms with Crippen LogP contribution in [-0.4, -0.2) is 0 Å². The maximum atomic E-state index is 13.3. The lowest BCUT2D eigenvalue weighted by atomic mass is 10.1. The fourth-order valence-electron chi connectivity index (χ4n) is 4.95. The summed E-state index contributed by atoms with van der Waals surface area (Å²) in [4.78, 5) is 2.19. The van der Waals surface area contributed by atoms with Crippen molar-refractivity contribution in [3.63, 3.8) is 0 Å². The fraction of sp³-hybridized carbons (Fsp3) is 0. The molecule has 46 heavy (non-hydrogen) atoms. The molecule has 224 valence electrons. The number of hydrogen-bond donors (Lipinski definition) is 0. The third-order valence-electron chi connectivity index (χ3n) is 7.47. The molecule has 1 nitrogen and oxygen atoms in total. The van der Waals surface area contributed by atoms with Gasteiger partial charge in [0.2, 0.25) is 0 Å². The van der Waals surface area contributed by atoms with Crippen molar-refractivity contribution in [3.05, 3.63) is 196 Å². The van der Waals surface area contributed by atoms with E-state index in [0.29, 0.717) is 0 Å². The van der Waals surface area contributed by atoms with Crippen LogP contribution in [0.4, 0.5) is 30.2 Å². The zero-order valence-electron chi connectivity index (χ0n) is 24.9. The second-order valence-electron chi connectivity index (χ2n) is 10.8. The molecular weight excluding hydrogens is 575 g/mol. The first-order chi connectivity index (χ1) is 22.5. The van der Waals surface area contributed by atoms with Crippen molar-refractivity contribution in [2.24, 2.45) is 0 Å². The van der Waals surface area contributed by atoms with Crippen molar-refractivity contribution < 1.29 is 13.2 Å². The summed E-state index contributed by atoms with van der Waals surface area (Å²) in [5.41, 5.74) is 8.81. The van der Waals surface area contributed by atoms with Gasteiger partial charge in [-0.25, -0.2) is 13.2 Å². The molecule has 6 aromatic rings. The maximum absolute atomic E-state index is 13.3. The summed E-state index contributed by atoms with van der Waals surface area (Å²) in [6.45, 7) is 0. The molecule has 6 aromatic carbocycles. The van der Waals surface area contributed by atoms with Crippen molar-refractivity contribution in [1.29, 1.82) is 0 Å². The summed E-state index contributed by atoms with van der Waals surface area (Å²) in [5, 5.41) is 0. The summed E-state index contributed by atoms with van der Waals surface area (Å²) in [7, 11) is 0. The Bertz CT molecular complexity index is 1720. The molecular formula is C42H30F3N. The number of anilines is 3. The Labute approximate surface area is 267 Å². The van der Waals surface area contributed by atoms with Gasteiger partial charge in [-0.3, -0.25) is 0 Å². The van der Waals surface area contributed by atoms with E-state index in [-0.39, 0.29) is 17.5 Å². The van der Waals surface area contributed by atoms with Crippen LogP contribution in [0.2, 0.25) is 0 Å². The smallest absolute Gasteiger partial charge is 0.123 e. The first kappa shape index (κ1) is 30.2. The van der Waals surface area contributed by atoms with E-state index in [1.54, 1.807) is 36.4 Å². The van der Waals surface area contributed by atoms with E-state index in [1.165, 1.54) is 36.4 Å². The summed E-state index contributed by atoms with van der Waals surface area (Å²) in [6.07, 6.45) is 11.9. The molecule has 0 heterocycles. The number of benzene rings is 6. The van der Waals surface area contributed by atoms with Gasteiger partial charge in [-0.15, -0.1) is 0 Å². The molecule has 0 aliphatic rings. The van der Waals surface area contributed by atoms with Crippen molar-refractivity contribution >= 4 is 53.5 Å². The first-order valence-electron chi connectivity index (χ1n) is 14.9. The lowest BCUT2D eigenvalue weighted by Gasteiger charge is -2.26. The maximum Gasteiger partial charge on any atom is 0.123 e. The van der Waals surface area contributed by atoms with Crippen LogP contribution in [0, 0.1) is 17.5 Å². The minimum absolute atomic E-state index is 0.254. The highest BCUT2D eigenvalue weighted by Crippen LogP contribution is 2.35. The Morgan fingerprint density at radius 1 is 0.261 bits per heavy atom. The van der Waals surface area contributed by atoms with Gasteiger partial charge in [-0.1, -0.05) is 109 Å². The molecule has 4 heteroatoms. The number of halogens is 3. The fourth-order valence-corrected chi connectivity index (χ4v) is 4.95. The van der Waals surface area contributed by atoms with Crippen molar-refractivity contribution in [1.82, 2.24) is 0 Å². The highest BCUT2D eigenvalue weighted by Gasteiger charge is 2.12. The average Bonchev–Trinajstić information content (AvgIpc) is 3.09. The molecule has 0 saturated heterocycles. The zero-order valence-corrected chi connectivity index (χ0v) is 24.9. The molecule has 0 N–H and O–H groups in total. The van der Waals surface area contributed by atoms with E-state index < -0.39 is 0 Å². The van der Waals surface area contributed by atoms with E-state index in [9.17, 15) is 13.2 Å². The van der Waals surface area contributed by atoms with Gasteiger partial charge in [0.05, 0.1) is 0 Å². The lowest BCUT2D eigenvalue weighted by Crippen LogP contribution is -2.09. The van der Waals surface area contributed by atoms with Gasteiger partial charge >= 0.3 is 0 Å². The van der Waals surface area contributed by atoms with E-state index >= 15 is 0 Å². The van der Waals surface area contributed by atoms with Gasteiger partial charge in [0.1, 0.15) is 17.5 Å². The third-order valence-corrected chi connectivity index (χ3v) is 7.47. The molecule has 0 aromatic heterocycles. The van der Waals surface area contributed by atoms with Crippen LogP contribution < -0.4 is 4.90 Å². The molecule has 0 fully saturated rings. The lowest BCUT2D eigenvalue weighted by molar-refractivity contribution is 0.627. The minimum atomic E-state index is -0.254. The SMILES string of the molecule is Fc1ccc(/C=C/c2ccc(N(c3ccc(/C=C/c4ccc(F)cc4)cc3)c3ccc(/C=C/c4ccc(F)cc4)cc3)cc2)cc1. The van der Waals surface area contributed by atoms with Crippen molar-refractivity contribution in [2.75, 3.05) is 4.90 Å². The first-order valence-corrected chi connectivity index (χ1v) is 14.9. The van der Waals surface area contributed by atoms with Crippen LogP contribution in [0.1, 0.15) is 33.4 Å². The molecule has 0 atom stereocenters. The number of nitrogens with zero attached hydrogens (tertiary/aromatic N) is 1. The van der Waals surface area contributed by atoms with E-state index in [2.05, 4.69) is 77.7 Å². The van der Waals surface area contributed by atoms with Crippen LogP contribution in [-0.2, 0) is 0 Å². The van der Waals surface area contributed by atoms with Crippen molar-refractivity contribution in [3.8, 4) is 0 Å². The Morgan fingerprint density at radius 2 is 0.435 bits per heavy atom. The van der Waals surface area contributed by atoms with E-state index in [0.717, 1.165) is 50.4 Å². The molecule has 0 radical (unpaired) electrons. The van der Waals surface area contributed by atoms with Crippen LogP contribution in [0.5, 0.6) is 0 Å². The molecule has 0 saturated carbocycles. The Kier molecular flexibility index (Phi) is 9.36. The highest BCUT2D eigenvalue weighted by atomic mass is 19.1. The minimum Gasteiger partial charge on any atom is -0.311 e. The van der Waals surface area contributed by atoms with E-state index in [1.807, 2.05) is 36.5 Å². The van der Waals surface area contributed by atoms with E-state index in [4.69, 9.17) is 0 Å². The topological polar surface area (TPSA) is 3.24 Å². The van der Waals surface area contributed by atoms with Crippen LogP contribution in [0.3, 0.4) is 0 Å². The molecule has 0 aliphatic carbocycles. The monoisotopic (exact) mass is 605 g/mol. The highest BCUT2D eigenvalue weighted by molar-refractivity contribution is 5.80. The third kappa shape index (κ3) is 7.99. The predicted octanol–water partition coefficient (Wildman–Crippen LogP) is 12.1. The number of hydrogen-bond acceptors (Lipinski definition) is 1. The Hall–Kier alpha value is -5.87. The Morgan fingerprint density at radius 3 is 0.630 bits per heavy atom. The molecule has 6 rings (SSSR count). The largest absolute Gasteiger partial charge is 0.311 e. The molecule has 0 bridgehead atoms. The summed E-state index contributed by atoms with van der Waals surface area (Å²) in [5.74, 6) is -0.763. The summed E-state index contributed by atoms with van der Waals surface area (Å²) in [6, 6.07) is 44.0. The van der Waals surface area contributed by atoms with Gasteiger partial charge in [0.15, 0.2) is 0 Å². The van der Waals surface area contributed by atoms with Gasteiger partial charge in [0.25, 0.3) is 0 Å². The van der Waals surface area contributed by atoms with Gasteiger partial charge in [-0.05, 0) is 106 Å². The van der Waals surface area contributed by atoms with Gasteiger partial charge in [0, 0.05) is 17.1 Å². The molecule has 0 spiro atoms. The summed E-state index contributed by atoms with van der Waals surface area (Å²) >= 11 is 0. The van der Waals surface area contributed by atoms with Crippen LogP contribution in [0.25, 0.3) is 36.5 Å². The summed E-state index contributed by atoms with van der Waals surface area (Å²) < 4.78 is 39.8. The van der Waals surface area contributed by atoms with Gasteiger partial charge in [-0.2, -0.15) is 0 Å². The molecule has 0 unspecified atom stereocenters. The molecule has 0 amide bonds. The van der Waals surface area contributed by atoms with Crippen LogP contribution >= 0.6 is 0 Å². The van der Waals surface area contributed by atoms with Crippen LogP contribution in [0.15, 0.2) is 146 Å². The quantitative estimate of drug-likeness (QED) is 0.148. The number of rotatable bonds is 9. The Balaban J connectivity index is 1.27. The predicted molar refractivity (Wildman–Crippen MR) is 187 cm³/mol. The molecule has 0 aliphatic heterocycles. The standard InChI is InChI=1S/C42H30F3N/c43-37-19-7-31(8-20-37)1-4-34-13-25-40(26-14-34)46(41-27-15-35(16-28-41)5-2-32-9-21-38(44)22-10-32)42-29-17-36(18-30-42)6-3-33-11-23-39(45)24-12-33/h1-30H/b4-1+,5-2+,6-3+. The normalized spacial score (nSPS) is 11.5. The zero-order chi connectivity index (χ0) is 31.7. The van der Waals surface area contributed by atoms with Gasteiger partial charge < -0.3 is 4.90 Å².